The number of hydrogen-bond donors (Lipinski definition) is 0. The Morgan fingerprint density at radius 3 is 2.58 bits per heavy atom. The molecule has 0 atom stereocenters. The smallest absolute Gasteiger partial charge is 0.190 e. The lowest BCUT2D eigenvalue weighted by Crippen LogP contribution is -2.26. The van der Waals surface area contributed by atoms with Gasteiger partial charge in [-0.1, -0.05) is 13.8 Å². The van der Waals surface area contributed by atoms with Crippen LogP contribution in [0.3, 0.4) is 0 Å². The number of hydrogen-bond acceptors (Lipinski definition) is 4. The van der Waals surface area contributed by atoms with Crippen LogP contribution in [0.15, 0.2) is 57.5 Å². The molecule has 6 heteroatoms. The molecule has 3 aromatic rings. The van der Waals surface area contributed by atoms with Crippen LogP contribution < -0.4 is 4.80 Å². The highest BCUT2D eigenvalue weighted by Gasteiger charge is 2.11. The molecule has 0 N–H and O–H groups in total. The molecule has 0 aliphatic rings. The molecule has 1 aromatic carbocycles. The zero-order valence-corrected chi connectivity index (χ0v) is 16.0. The van der Waals surface area contributed by atoms with Gasteiger partial charge in [-0.2, -0.15) is 0 Å². The summed E-state index contributed by atoms with van der Waals surface area (Å²) in [5, 5.41) is 2.07. The van der Waals surface area contributed by atoms with E-state index in [1.165, 1.54) is 12.1 Å². The first-order valence-electron chi connectivity index (χ1n) is 8.96. The van der Waals surface area contributed by atoms with Crippen LogP contribution in [0.5, 0.6) is 0 Å². The first-order valence-corrected chi connectivity index (χ1v) is 9.84. The molecule has 0 unspecified atom stereocenters. The second-order valence-corrected chi connectivity index (χ2v) is 6.84. The number of nitrogens with zero attached hydrogens (tertiary/aromatic N) is 3. The Kier molecular flexibility index (Phi) is 6.41. The quantitative estimate of drug-likeness (QED) is 0.562. The molecule has 138 valence electrons. The standard InChI is InChI=1S/C20H24FN3OS/c1-3-23(4-2)12-6-13-24-18(19-7-5-14-25-19)15-26-20(24)22-17-10-8-16(21)9-11-17/h5,7-11,14-15H,3-4,6,12-13H2,1-2H3. The Hall–Kier alpha value is -2.18. The van der Waals surface area contributed by atoms with Gasteiger partial charge in [0.1, 0.15) is 5.82 Å². The summed E-state index contributed by atoms with van der Waals surface area (Å²) in [5.41, 5.74) is 1.78. The van der Waals surface area contributed by atoms with E-state index in [1.54, 1.807) is 29.7 Å². The fourth-order valence-electron chi connectivity index (χ4n) is 2.88. The maximum Gasteiger partial charge on any atom is 0.190 e. The minimum atomic E-state index is -0.251. The van der Waals surface area contributed by atoms with Gasteiger partial charge >= 0.3 is 0 Å². The summed E-state index contributed by atoms with van der Waals surface area (Å²) < 4.78 is 20.9. The number of halogens is 1. The molecule has 0 amide bonds. The number of thiazole rings is 1. The molecule has 0 saturated heterocycles. The SMILES string of the molecule is CCN(CC)CCCn1c(-c2ccco2)csc1=Nc1ccc(F)cc1. The van der Waals surface area contributed by atoms with E-state index in [0.717, 1.165) is 54.5 Å². The summed E-state index contributed by atoms with van der Waals surface area (Å²) >= 11 is 1.57. The van der Waals surface area contributed by atoms with Gasteiger partial charge in [-0.3, -0.25) is 0 Å². The molecule has 3 rings (SSSR count). The summed E-state index contributed by atoms with van der Waals surface area (Å²) in [5.74, 6) is 0.586. The highest BCUT2D eigenvalue weighted by molar-refractivity contribution is 7.07. The van der Waals surface area contributed by atoms with E-state index in [4.69, 9.17) is 9.41 Å². The lowest BCUT2D eigenvalue weighted by Gasteiger charge is -2.18. The van der Waals surface area contributed by atoms with Crippen LogP contribution in [-0.4, -0.2) is 29.1 Å². The highest BCUT2D eigenvalue weighted by Crippen LogP contribution is 2.21. The summed E-state index contributed by atoms with van der Waals surface area (Å²) in [6.07, 6.45) is 2.72. The van der Waals surface area contributed by atoms with Crippen LogP contribution >= 0.6 is 11.3 Å². The van der Waals surface area contributed by atoms with Gasteiger partial charge in [0, 0.05) is 11.9 Å². The largest absolute Gasteiger partial charge is 0.463 e. The molecule has 0 bridgehead atoms. The second kappa shape index (κ2) is 8.96. The van der Waals surface area contributed by atoms with Crippen LogP contribution in [0.25, 0.3) is 11.5 Å². The maximum absolute atomic E-state index is 13.1. The van der Waals surface area contributed by atoms with E-state index in [0.29, 0.717) is 0 Å². The van der Waals surface area contributed by atoms with E-state index in [9.17, 15) is 4.39 Å². The molecule has 2 aromatic heterocycles. The lowest BCUT2D eigenvalue weighted by molar-refractivity contribution is 0.293. The van der Waals surface area contributed by atoms with Crippen molar-refractivity contribution in [3.63, 3.8) is 0 Å². The third-order valence-electron chi connectivity index (χ3n) is 4.37. The third-order valence-corrected chi connectivity index (χ3v) is 5.24. The molecule has 0 fully saturated rings. The van der Waals surface area contributed by atoms with E-state index in [1.807, 2.05) is 12.1 Å². The molecule has 0 radical (unpaired) electrons. The van der Waals surface area contributed by atoms with E-state index >= 15 is 0 Å². The number of furan rings is 1. The number of rotatable bonds is 8. The normalized spacial score (nSPS) is 12.2. The van der Waals surface area contributed by atoms with E-state index < -0.39 is 0 Å². The first kappa shape index (κ1) is 18.6. The molecule has 2 heterocycles. The van der Waals surface area contributed by atoms with E-state index in [-0.39, 0.29) is 5.82 Å². The van der Waals surface area contributed by atoms with Gasteiger partial charge in [0.2, 0.25) is 0 Å². The number of aromatic nitrogens is 1. The molecule has 0 aliphatic carbocycles. The predicted octanol–water partition coefficient (Wildman–Crippen LogP) is 4.91. The highest BCUT2D eigenvalue weighted by atomic mass is 32.1. The van der Waals surface area contributed by atoms with Crippen molar-refractivity contribution in [2.45, 2.75) is 26.8 Å². The average molecular weight is 373 g/mol. The fourth-order valence-corrected chi connectivity index (χ4v) is 3.81. The predicted molar refractivity (Wildman–Crippen MR) is 104 cm³/mol. The van der Waals surface area contributed by atoms with Gasteiger partial charge in [0.05, 0.1) is 17.6 Å². The lowest BCUT2D eigenvalue weighted by atomic mass is 10.3. The molecule has 0 saturated carbocycles. The van der Waals surface area contributed by atoms with Crippen molar-refractivity contribution < 1.29 is 8.81 Å². The van der Waals surface area contributed by atoms with Gasteiger partial charge in [-0.15, -0.1) is 11.3 Å². The zero-order chi connectivity index (χ0) is 18.4. The molecular formula is C20H24FN3OS. The van der Waals surface area contributed by atoms with Crippen LogP contribution in [0.2, 0.25) is 0 Å². The van der Waals surface area contributed by atoms with Crippen molar-refractivity contribution in [1.29, 1.82) is 0 Å². The molecular weight excluding hydrogens is 349 g/mol. The second-order valence-electron chi connectivity index (χ2n) is 6.00. The van der Waals surface area contributed by atoms with Crippen LogP contribution in [-0.2, 0) is 6.54 Å². The maximum atomic E-state index is 13.1. The van der Waals surface area contributed by atoms with Crippen molar-refractivity contribution >= 4 is 17.0 Å². The Morgan fingerprint density at radius 1 is 1.15 bits per heavy atom. The Morgan fingerprint density at radius 2 is 1.92 bits per heavy atom. The van der Waals surface area contributed by atoms with Crippen LogP contribution in [0.1, 0.15) is 20.3 Å². The Labute approximate surface area is 157 Å². The van der Waals surface area contributed by atoms with Crippen LogP contribution in [0.4, 0.5) is 10.1 Å². The van der Waals surface area contributed by atoms with Gasteiger partial charge in [0.15, 0.2) is 10.6 Å². The van der Waals surface area contributed by atoms with Crippen molar-refractivity contribution in [3.05, 3.63) is 58.7 Å². The number of benzene rings is 1. The van der Waals surface area contributed by atoms with Crippen molar-refractivity contribution in [2.24, 2.45) is 4.99 Å². The summed E-state index contributed by atoms with van der Waals surface area (Å²) in [6, 6.07) is 10.1. The Bertz CT molecular complexity index is 861. The summed E-state index contributed by atoms with van der Waals surface area (Å²) in [4.78, 5) is 8.01. The summed E-state index contributed by atoms with van der Waals surface area (Å²) in [6.45, 7) is 8.39. The minimum absolute atomic E-state index is 0.251. The Balaban J connectivity index is 1.90. The van der Waals surface area contributed by atoms with Crippen molar-refractivity contribution in [1.82, 2.24) is 9.47 Å². The zero-order valence-electron chi connectivity index (χ0n) is 15.2. The van der Waals surface area contributed by atoms with Crippen LogP contribution in [0, 0.1) is 5.82 Å². The monoisotopic (exact) mass is 373 g/mol. The summed E-state index contributed by atoms with van der Waals surface area (Å²) in [7, 11) is 0. The average Bonchev–Trinajstić information content (AvgIpc) is 3.31. The molecule has 4 nitrogen and oxygen atoms in total. The van der Waals surface area contributed by atoms with Crippen molar-refractivity contribution in [2.75, 3.05) is 19.6 Å². The van der Waals surface area contributed by atoms with Gasteiger partial charge in [-0.05, 0) is 62.5 Å². The van der Waals surface area contributed by atoms with Gasteiger partial charge in [0.25, 0.3) is 0 Å². The van der Waals surface area contributed by atoms with E-state index in [2.05, 4.69) is 28.7 Å². The van der Waals surface area contributed by atoms with Crippen molar-refractivity contribution in [3.8, 4) is 11.5 Å². The molecule has 0 spiro atoms. The molecule has 0 aliphatic heterocycles. The first-order chi connectivity index (χ1) is 12.7. The third kappa shape index (κ3) is 4.51. The van der Waals surface area contributed by atoms with Gasteiger partial charge in [-0.25, -0.2) is 9.38 Å². The topological polar surface area (TPSA) is 33.7 Å². The minimum Gasteiger partial charge on any atom is -0.463 e. The molecule has 26 heavy (non-hydrogen) atoms. The van der Waals surface area contributed by atoms with Gasteiger partial charge < -0.3 is 13.9 Å². The fraction of sp³-hybridized carbons (Fsp3) is 0.350.